The first kappa shape index (κ1) is 21.3. The highest BCUT2D eigenvalue weighted by molar-refractivity contribution is 9.10. The lowest BCUT2D eigenvalue weighted by Crippen LogP contribution is -2.34. The van der Waals surface area contributed by atoms with Crippen LogP contribution in [0.3, 0.4) is 0 Å². The first-order valence-corrected chi connectivity index (χ1v) is 9.75. The van der Waals surface area contributed by atoms with Gasteiger partial charge < -0.3 is 14.8 Å². The van der Waals surface area contributed by atoms with Crippen molar-refractivity contribution in [1.82, 2.24) is 5.32 Å². The number of methoxy groups -OCH3 is 1. The topological polar surface area (TPSA) is 59.6 Å². The third kappa shape index (κ3) is 6.30. The number of ether oxygens (including phenoxy) is 2. The molecule has 2 aromatic carbocycles. The Kier molecular flexibility index (Phi) is 8.22. The van der Waals surface area contributed by atoms with Gasteiger partial charge in [0.05, 0.1) is 11.1 Å². The van der Waals surface area contributed by atoms with Crippen LogP contribution in [0.2, 0.25) is 0 Å². The molecule has 0 unspecified atom stereocenters. The monoisotopic (exact) mass is 450 g/mol. The Morgan fingerprint density at radius 1 is 1.19 bits per heavy atom. The molecule has 2 aromatic rings. The highest BCUT2D eigenvalue weighted by Crippen LogP contribution is 2.26. The molecule has 0 saturated heterocycles. The molecule has 0 radical (unpaired) electrons. The highest BCUT2D eigenvalue weighted by atomic mass is 79.9. The van der Waals surface area contributed by atoms with Crippen LogP contribution in [-0.2, 0) is 4.74 Å². The van der Waals surface area contributed by atoms with Gasteiger partial charge in [0.1, 0.15) is 12.4 Å². The van der Waals surface area contributed by atoms with Crippen LogP contribution in [0.5, 0.6) is 5.75 Å². The summed E-state index contributed by atoms with van der Waals surface area (Å²) in [6, 6.07) is 13.0. The number of hydrogen-bond acceptors (Lipinski definition) is 4. The van der Waals surface area contributed by atoms with Crippen LogP contribution in [-0.4, -0.2) is 31.3 Å². The summed E-state index contributed by atoms with van der Waals surface area (Å²) in [6.07, 6.45) is 0. The molecule has 0 heterocycles. The Hall–Kier alpha value is -1.96. The van der Waals surface area contributed by atoms with Crippen LogP contribution in [0.25, 0.3) is 0 Å². The quantitative estimate of drug-likeness (QED) is 0.471. The van der Waals surface area contributed by atoms with E-state index < -0.39 is 0 Å². The molecule has 0 aromatic heterocycles. The van der Waals surface area contributed by atoms with E-state index >= 15 is 0 Å². The Morgan fingerprint density at radius 3 is 2.59 bits per heavy atom. The molecule has 1 amide bonds. The van der Waals surface area contributed by atoms with Crippen molar-refractivity contribution >= 4 is 44.9 Å². The maximum Gasteiger partial charge on any atom is 0.257 e. The van der Waals surface area contributed by atoms with Gasteiger partial charge in [-0.2, -0.15) is 0 Å². The number of benzene rings is 2. The van der Waals surface area contributed by atoms with E-state index in [1.54, 1.807) is 25.3 Å². The minimum absolute atomic E-state index is 0.254. The summed E-state index contributed by atoms with van der Waals surface area (Å²) in [7, 11) is 1.61. The number of anilines is 1. The van der Waals surface area contributed by atoms with E-state index in [2.05, 4.69) is 40.4 Å². The SMILES string of the molecule is COCCOc1ccc(C(=O)NC(=S)Nc2ccccc2C(C)C)cc1Br. The minimum Gasteiger partial charge on any atom is -0.490 e. The molecule has 0 aliphatic carbocycles. The van der Waals surface area contributed by atoms with Crippen molar-refractivity contribution in [3.63, 3.8) is 0 Å². The molecule has 7 heteroatoms. The van der Waals surface area contributed by atoms with Crippen molar-refractivity contribution < 1.29 is 14.3 Å². The van der Waals surface area contributed by atoms with Crippen molar-refractivity contribution in [1.29, 1.82) is 0 Å². The third-order valence-electron chi connectivity index (χ3n) is 3.80. The van der Waals surface area contributed by atoms with Gasteiger partial charge in [0, 0.05) is 18.4 Å². The summed E-state index contributed by atoms with van der Waals surface area (Å²) in [4.78, 5) is 12.5. The Balaban J connectivity index is 2.00. The molecule has 27 heavy (non-hydrogen) atoms. The van der Waals surface area contributed by atoms with Crippen LogP contribution in [0, 0.1) is 0 Å². The second-order valence-corrected chi connectivity index (χ2v) is 7.40. The number of carbonyl (C=O) groups excluding carboxylic acids is 1. The van der Waals surface area contributed by atoms with Crippen LogP contribution >= 0.6 is 28.1 Å². The molecule has 0 aliphatic rings. The summed E-state index contributed by atoms with van der Waals surface area (Å²) in [5.74, 6) is 0.697. The maximum absolute atomic E-state index is 12.5. The lowest BCUT2D eigenvalue weighted by atomic mass is 10.0. The predicted octanol–water partition coefficient (Wildman–Crippen LogP) is 4.72. The van der Waals surface area contributed by atoms with E-state index in [4.69, 9.17) is 21.7 Å². The zero-order chi connectivity index (χ0) is 19.8. The van der Waals surface area contributed by atoms with Crippen LogP contribution in [0.1, 0.15) is 35.7 Å². The molecule has 0 atom stereocenters. The molecule has 2 N–H and O–H groups in total. The fraction of sp³-hybridized carbons (Fsp3) is 0.300. The normalized spacial score (nSPS) is 10.6. The molecule has 5 nitrogen and oxygen atoms in total. The first-order chi connectivity index (χ1) is 12.9. The molecule has 0 spiro atoms. The van der Waals surface area contributed by atoms with Gasteiger partial charge >= 0.3 is 0 Å². The molecule has 0 bridgehead atoms. The fourth-order valence-electron chi connectivity index (χ4n) is 2.44. The summed E-state index contributed by atoms with van der Waals surface area (Å²) in [5.41, 5.74) is 2.50. The van der Waals surface area contributed by atoms with Gasteiger partial charge in [0.15, 0.2) is 5.11 Å². The predicted molar refractivity (Wildman–Crippen MR) is 116 cm³/mol. The summed E-state index contributed by atoms with van der Waals surface area (Å²) in [5, 5.41) is 6.07. The van der Waals surface area contributed by atoms with Crippen molar-refractivity contribution in [2.24, 2.45) is 0 Å². The number of para-hydroxylation sites is 1. The second kappa shape index (κ2) is 10.4. The zero-order valence-electron chi connectivity index (χ0n) is 15.5. The van der Waals surface area contributed by atoms with Crippen molar-refractivity contribution in [3.05, 3.63) is 58.1 Å². The van der Waals surface area contributed by atoms with E-state index in [-0.39, 0.29) is 11.0 Å². The lowest BCUT2D eigenvalue weighted by Gasteiger charge is -2.15. The average Bonchev–Trinajstić information content (AvgIpc) is 2.63. The number of halogens is 1. The van der Waals surface area contributed by atoms with Crippen LogP contribution < -0.4 is 15.4 Å². The van der Waals surface area contributed by atoms with Crippen molar-refractivity contribution in [2.75, 3.05) is 25.6 Å². The average molecular weight is 451 g/mol. The van der Waals surface area contributed by atoms with E-state index in [1.165, 1.54) is 0 Å². The number of thiocarbonyl (C=S) groups is 1. The zero-order valence-corrected chi connectivity index (χ0v) is 17.9. The van der Waals surface area contributed by atoms with Crippen LogP contribution in [0.4, 0.5) is 5.69 Å². The number of carbonyl (C=O) groups is 1. The smallest absolute Gasteiger partial charge is 0.257 e. The standard InChI is InChI=1S/C20H23BrN2O3S/c1-13(2)15-6-4-5-7-17(15)22-20(27)23-19(24)14-8-9-18(16(21)12-14)26-11-10-25-3/h4-9,12-13H,10-11H2,1-3H3,(H2,22,23,24,27). The van der Waals surface area contributed by atoms with E-state index in [0.717, 1.165) is 11.3 Å². The Bertz CT molecular complexity index is 812. The number of nitrogens with one attached hydrogen (secondary N) is 2. The largest absolute Gasteiger partial charge is 0.490 e. The number of rotatable bonds is 7. The molecule has 0 aliphatic heterocycles. The van der Waals surface area contributed by atoms with E-state index in [1.807, 2.05) is 24.3 Å². The fourth-order valence-corrected chi connectivity index (χ4v) is 3.13. The molecule has 0 saturated carbocycles. The summed E-state index contributed by atoms with van der Waals surface area (Å²) < 4.78 is 11.2. The third-order valence-corrected chi connectivity index (χ3v) is 4.62. The number of hydrogen-bond donors (Lipinski definition) is 2. The lowest BCUT2D eigenvalue weighted by molar-refractivity contribution is 0.0977. The molecule has 2 rings (SSSR count). The van der Waals surface area contributed by atoms with Crippen molar-refractivity contribution in [2.45, 2.75) is 19.8 Å². The van der Waals surface area contributed by atoms with Gasteiger partial charge in [-0.25, -0.2) is 0 Å². The summed E-state index contributed by atoms with van der Waals surface area (Å²) >= 11 is 8.71. The molecular weight excluding hydrogens is 428 g/mol. The van der Waals surface area contributed by atoms with Gasteiger partial charge in [-0.15, -0.1) is 0 Å². The Labute approximate surface area is 173 Å². The second-order valence-electron chi connectivity index (χ2n) is 6.14. The van der Waals surface area contributed by atoms with Gasteiger partial charge in [-0.3, -0.25) is 10.1 Å². The van der Waals surface area contributed by atoms with Gasteiger partial charge in [0.25, 0.3) is 5.91 Å². The Morgan fingerprint density at radius 2 is 1.93 bits per heavy atom. The van der Waals surface area contributed by atoms with Crippen LogP contribution in [0.15, 0.2) is 46.9 Å². The summed E-state index contributed by atoms with van der Waals surface area (Å²) in [6.45, 7) is 5.14. The van der Waals surface area contributed by atoms with Gasteiger partial charge in [-0.05, 0) is 63.9 Å². The molecular formula is C20H23BrN2O3S. The van der Waals surface area contributed by atoms with E-state index in [9.17, 15) is 4.79 Å². The molecule has 144 valence electrons. The highest BCUT2D eigenvalue weighted by Gasteiger charge is 2.12. The number of amides is 1. The van der Waals surface area contributed by atoms with Gasteiger partial charge in [0.2, 0.25) is 0 Å². The van der Waals surface area contributed by atoms with Gasteiger partial charge in [-0.1, -0.05) is 32.0 Å². The first-order valence-electron chi connectivity index (χ1n) is 8.55. The molecule has 0 fully saturated rings. The minimum atomic E-state index is -0.293. The van der Waals surface area contributed by atoms with Crippen molar-refractivity contribution in [3.8, 4) is 5.75 Å². The van der Waals surface area contributed by atoms with E-state index in [0.29, 0.717) is 34.9 Å². The maximum atomic E-state index is 12.5.